The molecule has 118 valence electrons. The van der Waals surface area contributed by atoms with Gasteiger partial charge in [0, 0.05) is 19.0 Å². The van der Waals surface area contributed by atoms with Crippen LogP contribution in [0.15, 0.2) is 24.3 Å². The van der Waals surface area contributed by atoms with E-state index in [4.69, 9.17) is 4.74 Å². The second-order valence-electron chi connectivity index (χ2n) is 5.81. The molecule has 1 aromatic carbocycles. The Morgan fingerprint density at radius 1 is 1.29 bits per heavy atom. The molecule has 1 atom stereocenters. The second-order valence-corrected chi connectivity index (χ2v) is 7.89. The lowest BCUT2D eigenvalue weighted by Gasteiger charge is -2.31. The van der Waals surface area contributed by atoms with Crippen LogP contribution in [-0.4, -0.2) is 38.2 Å². The summed E-state index contributed by atoms with van der Waals surface area (Å²) in [5, 5.41) is 0. The third-order valence-corrected chi connectivity index (χ3v) is 5.89. The van der Waals surface area contributed by atoms with Crippen molar-refractivity contribution >= 4 is 10.0 Å². The van der Waals surface area contributed by atoms with Gasteiger partial charge in [-0.25, -0.2) is 12.7 Å². The fourth-order valence-corrected chi connectivity index (χ4v) is 4.27. The van der Waals surface area contributed by atoms with E-state index in [1.165, 1.54) is 5.56 Å². The van der Waals surface area contributed by atoms with Gasteiger partial charge in [0.1, 0.15) is 5.75 Å². The van der Waals surface area contributed by atoms with Gasteiger partial charge in [0.25, 0.3) is 0 Å². The van der Waals surface area contributed by atoms with Crippen LogP contribution in [0.1, 0.15) is 31.7 Å². The van der Waals surface area contributed by atoms with E-state index in [-0.39, 0.29) is 11.7 Å². The van der Waals surface area contributed by atoms with Gasteiger partial charge in [-0.2, -0.15) is 0 Å². The predicted molar refractivity (Wildman–Crippen MR) is 85.0 cm³/mol. The molecule has 0 radical (unpaired) electrons. The standard InChI is InChI=1S/C16H25NO3S/c1-3-11-21(18,19)17-10-4-5-15(12-17)13-20-16-8-6-14(2)7-9-16/h6-9,15H,3-5,10-13H2,1-2H3. The van der Waals surface area contributed by atoms with Gasteiger partial charge in [-0.15, -0.1) is 0 Å². The highest BCUT2D eigenvalue weighted by Gasteiger charge is 2.28. The maximum Gasteiger partial charge on any atom is 0.214 e. The molecule has 1 aliphatic heterocycles. The Kier molecular flexibility index (Phi) is 5.65. The lowest BCUT2D eigenvalue weighted by molar-refractivity contribution is 0.180. The van der Waals surface area contributed by atoms with Gasteiger partial charge in [-0.3, -0.25) is 0 Å². The van der Waals surface area contributed by atoms with Gasteiger partial charge in [-0.1, -0.05) is 24.6 Å². The predicted octanol–water partition coefficient (Wildman–Crippen LogP) is 2.83. The van der Waals surface area contributed by atoms with Crippen molar-refractivity contribution in [3.05, 3.63) is 29.8 Å². The molecule has 0 N–H and O–H groups in total. The van der Waals surface area contributed by atoms with Crippen molar-refractivity contribution in [2.24, 2.45) is 5.92 Å². The number of hydrogen-bond acceptors (Lipinski definition) is 3. The van der Waals surface area contributed by atoms with Crippen molar-refractivity contribution in [3.8, 4) is 5.75 Å². The fraction of sp³-hybridized carbons (Fsp3) is 0.625. The summed E-state index contributed by atoms with van der Waals surface area (Å²) in [7, 11) is -3.08. The Hall–Kier alpha value is -1.07. The molecular weight excluding hydrogens is 286 g/mol. The highest BCUT2D eigenvalue weighted by Crippen LogP contribution is 2.21. The van der Waals surface area contributed by atoms with Gasteiger partial charge >= 0.3 is 0 Å². The zero-order chi connectivity index (χ0) is 15.3. The Morgan fingerprint density at radius 2 is 2.00 bits per heavy atom. The van der Waals surface area contributed by atoms with Crippen LogP contribution >= 0.6 is 0 Å². The maximum atomic E-state index is 12.1. The van der Waals surface area contributed by atoms with Crippen molar-refractivity contribution in [1.29, 1.82) is 0 Å². The van der Waals surface area contributed by atoms with Crippen LogP contribution in [-0.2, 0) is 10.0 Å². The molecule has 2 rings (SSSR count). The first-order valence-electron chi connectivity index (χ1n) is 7.68. The van der Waals surface area contributed by atoms with Crippen molar-refractivity contribution in [3.63, 3.8) is 0 Å². The summed E-state index contributed by atoms with van der Waals surface area (Å²) in [4.78, 5) is 0. The summed E-state index contributed by atoms with van der Waals surface area (Å²) in [5.74, 6) is 1.39. The molecule has 21 heavy (non-hydrogen) atoms. The van der Waals surface area contributed by atoms with E-state index in [9.17, 15) is 8.42 Å². The normalized spacial score (nSPS) is 20.4. The van der Waals surface area contributed by atoms with Crippen LogP contribution in [0.5, 0.6) is 5.75 Å². The van der Waals surface area contributed by atoms with Crippen molar-refractivity contribution in [2.45, 2.75) is 33.1 Å². The number of sulfonamides is 1. The van der Waals surface area contributed by atoms with Gasteiger partial charge < -0.3 is 4.74 Å². The number of benzene rings is 1. The molecule has 1 fully saturated rings. The summed E-state index contributed by atoms with van der Waals surface area (Å²) in [6, 6.07) is 7.97. The van der Waals surface area contributed by atoms with E-state index in [0.717, 1.165) is 18.6 Å². The van der Waals surface area contributed by atoms with Gasteiger partial charge in [-0.05, 0) is 38.3 Å². The minimum atomic E-state index is -3.08. The van der Waals surface area contributed by atoms with E-state index >= 15 is 0 Å². The molecule has 0 bridgehead atoms. The van der Waals surface area contributed by atoms with Gasteiger partial charge in [0.2, 0.25) is 10.0 Å². The number of piperidine rings is 1. The molecular formula is C16H25NO3S. The molecule has 1 saturated heterocycles. The Morgan fingerprint density at radius 3 is 2.67 bits per heavy atom. The number of rotatable bonds is 6. The average Bonchev–Trinajstić information content (AvgIpc) is 2.47. The molecule has 0 amide bonds. The monoisotopic (exact) mass is 311 g/mol. The minimum absolute atomic E-state index is 0.249. The minimum Gasteiger partial charge on any atom is -0.493 e. The van der Waals surface area contributed by atoms with Crippen LogP contribution in [0, 0.1) is 12.8 Å². The van der Waals surface area contributed by atoms with Crippen LogP contribution in [0.25, 0.3) is 0 Å². The number of hydrogen-bond donors (Lipinski definition) is 0. The summed E-state index contributed by atoms with van der Waals surface area (Å²) >= 11 is 0. The summed E-state index contributed by atoms with van der Waals surface area (Å²) < 4.78 is 31.7. The molecule has 1 aliphatic rings. The summed E-state index contributed by atoms with van der Waals surface area (Å²) in [6.07, 6.45) is 2.62. The lowest BCUT2D eigenvalue weighted by Crippen LogP contribution is -2.42. The zero-order valence-electron chi connectivity index (χ0n) is 12.9. The molecule has 0 aromatic heterocycles. The zero-order valence-corrected chi connectivity index (χ0v) is 13.7. The number of ether oxygens (including phenoxy) is 1. The topological polar surface area (TPSA) is 46.6 Å². The molecule has 1 heterocycles. The third kappa shape index (κ3) is 4.71. The fourth-order valence-electron chi connectivity index (χ4n) is 2.65. The first kappa shape index (κ1) is 16.3. The Bertz CT molecular complexity index is 539. The molecule has 4 nitrogen and oxygen atoms in total. The molecule has 5 heteroatoms. The van der Waals surface area contributed by atoms with Crippen LogP contribution in [0.2, 0.25) is 0 Å². The Balaban J connectivity index is 1.88. The first-order chi connectivity index (χ1) is 10.0. The van der Waals surface area contributed by atoms with Gasteiger partial charge in [0.05, 0.1) is 12.4 Å². The Labute approximate surface area is 128 Å². The van der Waals surface area contributed by atoms with Crippen LogP contribution in [0.4, 0.5) is 0 Å². The smallest absolute Gasteiger partial charge is 0.214 e. The SMILES string of the molecule is CCCS(=O)(=O)N1CCCC(COc2ccc(C)cc2)C1. The molecule has 1 unspecified atom stereocenters. The molecule has 0 spiro atoms. The quantitative estimate of drug-likeness (QED) is 0.811. The summed E-state index contributed by atoms with van der Waals surface area (Å²) in [5.41, 5.74) is 1.21. The maximum absolute atomic E-state index is 12.1. The highest BCUT2D eigenvalue weighted by molar-refractivity contribution is 7.89. The van der Waals surface area contributed by atoms with E-state index in [1.807, 2.05) is 38.1 Å². The number of aryl methyl sites for hydroxylation is 1. The lowest BCUT2D eigenvalue weighted by atomic mass is 10.0. The van der Waals surface area contributed by atoms with E-state index in [1.54, 1.807) is 4.31 Å². The van der Waals surface area contributed by atoms with E-state index in [2.05, 4.69) is 0 Å². The van der Waals surface area contributed by atoms with Crippen molar-refractivity contribution < 1.29 is 13.2 Å². The molecule has 1 aromatic rings. The largest absolute Gasteiger partial charge is 0.493 e. The second kappa shape index (κ2) is 7.27. The molecule has 0 saturated carbocycles. The van der Waals surface area contributed by atoms with E-state index in [0.29, 0.717) is 26.1 Å². The van der Waals surface area contributed by atoms with Crippen LogP contribution < -0.4 is 4.74 Å². The number of nitrogens with zero attached hydrogens (tertiary/aromatic N) is 1. The first-order valence-corrected chi connectivity index (χ1v) is 9.29. The van der Waals surface area contributed by atoms with Crippen molar-refractivity contribution in [1.82, 2.24) is 4.31 Å². The van der Waals surface area contributed by atoms with Crippen LogP contribution in [0.3, 0.4) is 0 Å². The van der Waals surface area contributed by atoms with Gasteiger partial charge in [0.15, 0.2) is 0 Å². The van der Waals surface area contributed by atoms with E-state index < -0.39 is 10.0 Å². The third-order valence-electron chi connectivity index (χ3n) is 3.84. The highest BCUT2D eigenvalue weighted by atomic mass is 32.2. The van der Waals surface area contributed by atoms with Crippen molar-refractivity contribution in [2.75, 3.05) is 25.4 Å². The molecule has 0 aliphatic carbocycles. The average molecular weight is 311 g/mol. The summed E-state index contributed by atoms with van der Waals surface area (Å²) in [6.45, 7) is 5.78.